The predicted molar refractivity (Wildman–Crippen MR) is 65.3 cm³/mol. The maximum Gasteiger partial charge on any atom is 0.145 e. The van der Waals surface area contributed by atoms with Gasteiger partial charge in [-0.2, -0.15) is 0 Å². The summed E-state index contributed by atoms with van der Waals surface area (Å²) in [5.41, 5.74) is 2.53. The first-order chi connectivity index (χ1) is 7.86. The molecule has 1 fully saturated rings. The van der Waals surface area contributed by atoms with Gasteiger partial charge in [-0.15, -0.1) is 0 Å². The van der Waals surface area contributed by atoms with Crippen LogP contribution in [-0.4, -0.2) is 32.3 Å². The number of hydrogen-bond acceptors (Lipinski definition) is 3. The first-order valence-corrected chi connectivity index (χ1v) is 6.06. The third-order valence-corrected chi connectivity index (χ3v) is 3.55. The molecule has 1 N–H and O–H groups in total. The van der Waals surface area contributed by atoms with E-state index in [2.05, 4.69) is 35.3 Å². The van der Waals surface area contributed by atoms with Gasteiger partial charge in [0.1, 0.15) is 5.75 Å². The zero-order valence-electron chi connectivity index (χ0n) is 9.70. The third-order valence-electron chi connectivity index (χ3n) is 3.55. The Hall–Kier alpha value is -1.22. The summed E-state index contributed by atoms with van der Waals surface area (Å²) in [4.78, 5) is 2.51. The maximum atomic E-state index is 5.90. The molecule has 1 atom stereocenters. The van der Waals surface area contributed by atoms with Gasteiger partial charge in [0.15, 0.2) is 0 Å². The zero-order chi connectivity index (χ0) is 11.0. The zero-order valence-corrected chi connectivity index (χ0v) is 9.70. The number of nitrogens with zero attached hydrogens (tertiary/aromatic N) is 1. The van der Waals surface area contributed by atoms with Gasteiger partial charge >= 0.3 is 0 Å². The number of nitrogens with one attached hydrogen (secondary N) is 1. The molecule has 16 heavy (non-hydrogen) atoms. The van der Waals surface area contributed by atoms with Crippen LogP contribution < -0.4 is 15.0 Å². The minimum atomic E-state index is 0.594. The maximum absolute atomic E-state index is 5.90. The van der Waals surface area contributed by atoms with Crippen LogP contribution in [0.2, 0.25) is 0 Å². The van der Waals surface area contributed by atoms with E-state index in [1.54, 1.807) is 0 Å². The van der Waals surface area contributed by atoms with E-state index in [1.807, 2.05) is 0 Å². The van der Waals surface area contributed by atoms with Crippen molar-refractivity contribution in [2.45, 2.75) is 19.4 Å². The molecule has 0 bridgehead atoms. The van der Waals surface area contributed by atoms with E-state index < -0.39 is 0 Å². The van der Waals surface area contributed by atoms with Crippen molar-refractivity contribution < 1.29 is 4.74 Å². The normalized spacial score (nSPS) is 24.1. The molecular weight excluding hydrogens is 200 g/mol. The summed E-state index contributed by atoms with van der Waals surface area (Å²) in [5, 5.41) is 3.46. The second-order valence-corrected chi connectivity index (χ2v) is 4.61. The molecule has 2 aliphatic heterocycles. The average molecular weight is 218 g/mol. The Bertz CT molecular complexity index is 392. The highest BCUT2D eigenvalue weighted by Crippen LogP contribution is 2.36. The highest BCUT2D eigenvalue weighted by Gasteiger charge is 2.27. The van der Waals surface area contributed by atoms with Crippen molar-refractivity contribution in [1.29, 1.82) is 0 Å². The Labute approximate surface area is 96.4 Å². The summed E-state index contributed by atoms with van der Waals surface area (Å²) in [6.07, 6.45) is 1.11. The van der Waals surface area contributed by atoms with Gasteiger partial charge in [0.2, 0.25) is 0 Å². The highest BCUT2D eigenvalue weighted by atomic mass is 16.5. The van der Waals surface area contributed by atoms with Crippen LogP contribution in [0.4, 0.5) is 5.69 Å². The van der Waals surface area contributed by atoms with Crippen LogP contribution >= 0.6 is 0 Å². The van der Waals surface area contributed by atoms with Crippen LogP contribution in [0.5, 0.6) is 5.75 Å². The monoisotopic (exact) mass is 218 g/mol. The van der Waals surface area contributed by atoms with Gasteiger partial charge in [0, 0.05) is 32.1 Å². The molecule has 1 aromatic carbocycles. The minimum absolute atomic E-state index is 0.594. The van der Waals surface area contributed by atoms with Crippen LogP contribution in [0.25, 0.3) is 0 Å². The largest absolute Gasteiger partial charge is 0.491 e. The van der Waals surface area contributed by atoms with Crippen molar-refractivity contribution in [3.8, 4) is 5.75 Å². The van der Waals surface area contributed by atoms with Gasteiger partial charge in [-0.05, 0) is 18.6 Å². The van der Waals surface area contributed by atoms with Crippen molar-refractivity contribution in [3.05, 3.63) is 23.8 Å². The standard InChI is InChI=1S/C13H18N2O/c1-10-3-2-4-12-13(10)16-8-5-11-9-14-6-7-15(11)12/h2-4,11,14H,5-9H2,1H3/t11-/m0/s1. The van der Waals surface area contributed by atoms with Crippen molar-refractivity contribution >= 4 is 5.69 Å². The topological polar surface area (TPSA) is 24.5 Å². The lowest BCUT2D eigenvalue weighted by atomic mass is 10.1. The molecule has 2 aliphatic rings. The number of fused-ring (bicyclic) bond motifs is 3. The Morgan fingerprint density at radius 2 is 2.38 bits per heavy atom. The van der Waals surface area contributed by atoms with Gasteiger partial charge in [0.25, 0.3) is 0 Å². The first-order valence-electron chi connectivity index (χ1n) is 6.06. The smallest absolute Gasteiger partial charge is 0.145 e. The number of aryl methyl sites for hydroxylation is 1. The molecule has 1 saturated heterocycles. The second kappa shape index (κ2) is 3.98. The molecule has 0 saturated carbocycles. The molecular formula is C13H18N2O. The van der Waals surface area contributed by atoms with E-state index in [9.17, 15) is 0 Å². The average Bonchev–Trinajstić information content (AvgIpc) is 2.50. The van der Waals surface area contributed by atoms with E-state index in [0.29, 0.717) is 6.04 Å². The molecule has 2 heterocycles. The fraction of sp³-hybridized carbons (Fsp3) is 0.538. The molecule has 1 aromatic rings. The number of piperazine rings is 1. The van der Waals surface area contributed by atoms with E-state index in [1.165, 1.54) is 11.3 Å². The number of rotatable bonds is 0. The van der Waals surface area contributed by atoms with E-state index >= 15 is 0 Å². The molecule has 0 amide bonds. The van der Waals surface area contributed by atoms with Crippen molar-refractivity contribution in [3.63, 3.8) is 0 Å². The number of benzene rings is 1. The lowest BCUT2D eigenvalue weighted by Crippen LogP contribution is -2.51. The van der Waals surface area contributed by atoms with Gasteiger partial charge in [0.05, 0.1) is 12.3 Å². The molecule has 3 heteroatoms. The summed E-state index contributed by atoms with van der Waals surface area (Å²) >= 11 is 0. The number of para-hydroxylation sites is 1. The van der Waals surface area contributed by atoms with Gasteiger partial charge < -0.3 is 15.0 Å². The van der Waals surface area contributed by atoms with Crippen molar-refractivity contribution in [1.82, 2.24) is 5.32 Å². The van der Waals surface area contributed by atoms with E-state index in [0.717, 1.165) is 38.4 Å². The van der Waals surface area contributed by atoms with Crippen molar-refractivity contribution in [2.24, 2.45) is 0 Å². The summed E-state index contributed by atoms with van der Waals surface area (Å²) in [5.74, 6) is 1.09. The van der Waals surface area contributed by atoms with E-state index in [4.69, 9.17) is 4.74 Å². The Kier molecular flexibility index (Phi) is 2.48. The van der Waals surface area contributed by atoms with Crippen molar-refractivity contribution in [2.75, 3.05) is 31.1 Å². The summed E-state index contributed by atoms with van der Waals surface area (Å²) < 4.78 is 5.90. The van der Waals surface area contributed by atoms with Crippen LogP contribution in [0.1, 0.15) is 12.0 Å². The fourth-order valence-electron chi connectivity index (χ4n) is 2.68. The summed E-state index contributed by atoms with van der Waals surface area (Å²) in [6, 6.07) is 7.03. The Balaban J connectivity index is 2.04. The Morgan fingerprint density at radius 1 is 1.44 bits per heavy atom. The highest BCUT2D eigenvalue weighted by molar-refractivity contribution is 5.63. The number of ether oxygens (including phenoxy) is 1. The lowest BCUT2D eigenvalue weighted by Gasteiger charge is -2.36. The molecule has 86 valence electrons. The quantitative estimate of drug-likeness (QED) is 0.715. The molecule has 0 aliphatic carbocycles. The number of anilines is 1. The molecule has 3 rings (SSSR count). The van der Waals surface area contributed by atoms with Crippen LogP contribution in [0, 0.1) is 6.92 Å². The number of hydrogen-bond donors (Lipinski definition) is 1. The van der Waals surface area contributed by atoms with Gasteiger partial charge in [-0.25, -0.2) is 0 Å². The summed E-state index contributed by atoms with van der Waals surface area (Å²) in [7, 11) is 0. The lowest BCUT2D eigenvalue weighted by molar-refractivity contribution is 0.302. The van der Waals surface area contributed by atoms with Gasteiger partial charge in [-0.3, -0.25) is 0 Å². The minimum Gasteiger partial charge on any atom is -0.491 e. The molecule has 3 nitrogen and oxygen atoms in total. The Morgan fingerprint density at radius 3 is 3.31 bits per heavy atom. The van der Waals surface area contributed by atoms with Crippen LogP contribution in [0.15, 0.2) is 18.2 Å². The molecule has 0 radical (unpaired) electrons. The third kappa shape index (κ3) is 1.55. The van der Waals surface area contributed by atoms with Gasteiger partial charge in [-0.1, -0.05) is 12.1 Å². The van der Waals surface area contributed by atoms with Crippen LogP contribution in [-0.2, 0) is 0 Å². The molecule has 0 unspecified atom stereocenters. The molecule has 0 spiro atoms. The first kappa shape index (κ1) is 9.97. The predicted octanol–water partition coefficient (Wildman–Crippen LogP) is 1.56. The fourth-order valence-corrected chi connectivity index (χ4v) is 2.68. The summed E-state index contributed by atoms with van der Waals surface area (Å²) in [6.45, 7) is 6.20. The molecule has 0 aromatic heterocycles. The second-order valence-electron chi connectivity index (χ2n) is 4.61. The SMILES string of the molecule is Cc1cccc2c1OCC[C@H]1CNCCN21. The van der Waals surface area contributed by atoms with Crippen LogP contribution in [0.3, 0.4) is 0 Å². The van der Waals surface area contributed by atoms with E-state index in [-0.39, 0.29) is 0 Å².